The van der Waals surface area contributed by atoms with Crippen molar-refractivity contribution in [2.45, 2.75) is 50.9 Å². The summed E-state index contributed by atoms with van der Waals surface area (Å²) in [5.74, 6) is 0.563. The summed E-state index contributed by atoms with van der Waals surface area (Å²) in [6, 6.07) is 6.04. The molecule has 1 amide bonds. The Kier molecular flexibility index (Phi) is 5.93. The van der Waals surface area contributed by atoms with Gasteiger partial charge < -0.3 is 4.90 Å². The zero-order chi connectivity index (χ0) is 21.1. The number of aromatic nitrogens is 3. The standard InChI is InChI=1S/C24H28N4O2/c1-3-20(23(29)14-19-13-22(27-26-19)16-5-6-16)18-7-8-21(25-15-18)17-9-11-28(12-10-17)24(30)4-2/h4,7-9,13,15-16,20H,2-3,5-6,10-12,14H2,1H3,(H,26,27). The summed E-state index contributed by atoms with van der Waals surface area (Å²) in [7, 11) is 0. The Morgan fingerprint density at radius 3 is 2.80 bits per heavy atom. The second kappa shape index (κ2) is 8.78. The molecule has 1 unspecified atom stereocenters. The van der Waals surface area contributed by atoms with Crippen LogP contribution in [0.5, 0.6) is 0 Å². The van der Waals surface area contributed by atoms with Crippen LogP contribution in [-0.2, 0) is 16.0 Å². The van der Waals surface area contributed by atoms with Crippen molar-refractivity contribution in [3.63, 3.8) is 0 Å². The zero-order valence-electron chi connectivity index (χ0n) is 17.4. The van der Waals surface area contributed by atoms with Gasteiger partial charge >= 0.3 is 0 Å². The van der Waals surface area contributed by atoms with Gasteiger partial charge in [0.15, 0.2) is 0 Å². The van der Waals surface area contributed by atoms with Gasteiger partial charge in [-0.15, -0.1) is 0 Å². The lowest BCUT2D eigenvalue weighted by molar-refractivity contribution is -0.125. The van der Waals surface area contributed by atoms with Crippen LogP contribution in [0.25, 0.3) is 5.57 Å². The molecule has 2 aliphatic rings. The van der Waals surface area contributed by atoms with E-state index in [0.717, 1.165) is 41.1 Å². The average molecular weight is 405 g/mol. The van der Waals surface area contributed by atoms with Gasteiger partial charge in [0, 0.05) is 43.2 Å². The first-order valence-electron chi connectivity index (χ1n) is 10.7. The molecule has 6 heteroatoms. The lowest BCUT2D eigenvalue weighted by Crippen LogP contribution is -2.33. The van der Waals surface area contributed by atoms with Crippen LogP contribution in [0.15, 0.2) is 43.1 Å². The second-order valence-electron chi connectivity index (χ2n) is 8.14. The highest BCUT2D eigenvalue weighted by Gasteiger charge is 2.27. The maximum atomic E-state index is 12.9. The van der Waals surface area contributed by atoms with Gasteiger partial charge in [0.2, 0.25) is 5.91 Å². The highest BCUT2D eigenvalue weighted by Crippen LogP contribution is 2.39. The number of H-pyrrole nitrogens is 1. The Balaban J connectivity index is 1.41. The predicted octanol–water partition coefficient (Wildman–Crippen LogP) is 3.79. The molecule has 1 saturated carbocycles. The molecule has 2 aromatic heterocycles. The minimum atomic E-state index is -0.166. The third-order valence-corrected chi connectivity index (χ3v) is 6.02. The van der Waals surface area contributed by atoms with E-state index in [1.165, 1.54) is 18.9 Å². The lowest BCUT2D eigenvalue weighted by atomic mass is 9.90. The van der Waals surface area contributed by atoms with Crippen LogP contribution >= 0.6 is 0 Å². The maximum Gasteiger partial charge on any atom is 0.246 e. The number of rotatable bonds is 8. The molecule has 1 aliphatic heterocycles. The van der Waals surface area contributed by atoms with Gasteiger partial charge in [-0.2, -0.15) is 5.10 Å². The van der Waals surface area contributed by atoms with E-state index in [9.17, 15) is 9.59 Å². The molecule has 0 spiro atoms. The molecule has 1 aliphatic carbocycles. The van der Waals surface area contributed by atoms with Gasteiger partial charge in [0.25, 0.3) is 0 Å². The van der Waals surface area contributed by atoms with E-state index in [1.807, 2.05) is 37.4 Å². The van der Waals surface area contributed by atoms with Crippen LogP contribution in [0.3, 0.4) is 0 Å². The molecule has 156 valence electrons. The van der Waals surface area contributed by atoms with E-state index < -0.39 is 0 Å². The van der Waals surface area contributed by atoms with Gasteiger partial charge in [0.05, 0.1) is 11.4 Å². The molecular weight excluding hydrogens is 376 g/mol. The molecule has 1 N–H and O–H groups in total. The number of carbonyl (C=O) groups excluding carboxylic acids is 2. The number of hydrogen-bond donors (Lipinski definition) is 1. The van der Waals surface area contributed by atoms with Crippen molar-refractivity contribution in [2.24, 2.45) is 0 Å². The summed E-state index contributed by atoms with van der Waals surface area (Å²) in [6.07, 6.45) is 9.51. The summed E-state index contributed by atoms with van der Waals surface area (Å²) in [5, 5.41) is 7.38. The molecule has 0 bridgehead atoms. The van der Waals surface area contributed by atoms with E-state index in [-0.39, 0.29) is 17.6 Å². The molecule has 30 heavy (non-hydrogen) atoms. The summed E-state index contributed by atoms with van der Waals surface area (Å²) in [4.78, 5) is 31.0. The highest BCUT2D eigenvalue weighted by atomic mass is 16.2. The van der Waals surface area contributed by atoms with Crippen LogP contribution in [0.1, 0.15) is 67.1 Å². The molecule has 0 aromatic carbocycles. The van der Waals surface area contributed by atoms with E-state index in [2.05, 4.69) is 21.8 Å². The lowest BCUT2D eigenvalue weighted by Gasteiger charge is -2.25. The summed E-state index contributed by atoms with van der Waals surface area (Å²) in [5.41, 5.74) is 4.99. The first kappa shape index (κ1) is 20.3. The van der Waals surface area contributed by atoms with E-state index in [4.69, 9.17) is 0 Å². The summed E-state index contributed by atoms with van der Waals surface area (Å²) >= 11 is 0. The largest absolute Gasteiger partial charge is 0.335 e. The Morgan fingerprint density at radius 2 is 2.20 bits per heavy atom. The van der Waals surface area contributed by atoms with E-state index in [1.54, 1.807) is 4.90 Å². The molecule has 6 nitrogen and oxygen atoms in total. The van der Waals surface area contributed by atoms with Crippen molar-refractivity contribution in [1.82, 2.24) is 20.1 Å². The van der Waals surface area contributed by atoms with Gasteiger partial charge in [0.1, 0.15) is 5.78 Å². The van der Waals surface area contributed by atoms with Gasteiger partial charge in [-0.1, -0.05) is 25.6 Å². The van der Waals surface area contributed by atoms with Crippen LogP contribution in [0, 0.1) is 0 Å². The molecule has 4 rings (SSSR count). The normalized spacial score (nSPS) is 17.4. The minimum absolute atomic E-state index is 0.0422. The van der Waals surface area contributed by atoms with Gasteiger partial charge in [-0.25, -0.2) is 0 Å². The predicted molar refractivity (Wildman–Crippen MR) is 116 cm³/mol. The molecular formula is C24H28N4O2. The molecule has 3 heterocycles. The molecule has 1 fully saturated rings. The van der Waals surface area contributed by atoms with Crippen molar-refractivity contribution in [3.05, 3.63) is 65.8 Å². The number of Topliss-reactive ketones (excluding diaryl/α,β-unsaturated/α-hetero) is 1. The monoisotopic (exact) mass is 404 g/mol. The number of amides is 1. The maximum absolute atomic E-state index is 12.9. The van der Waals surface area contributed by atoms with Crippen molar-refractivity contribution in [3.8, 4) is 0 Å². The fourth-order valence-electron chi connectivity index (χ4n) is 4.05. The summed E-state index contributed by atoms with van der Waals surface area (Å²) < 4.78 is 0. The zero-order valence-corrected chi connectivity index (χ0v) is 17.4. The fraction of sp³-hybridized carbons (Fsp3) is 0.417. The number of aromatic amines is 1. The Bertz CT molecular complexity index is 969. The summed E-state index contributed by atoms with van der Waals surface area (Å²) in [6.45, 7) is 6.82. The fourth-order valence-corrected chi connectivity index (χ4v) is 4.05. The highest BCUT2D eigenvalue weighted by molar-refractivity contribution is 5.88. The number of nitrogens with zero attached hydrogens (tertiary/aromatic N) is 3. The number of hydrogen-bond acceptors (Lipinski definition) is 4. The third-order valence-electron chi connectivity index (χ3n) is 6.02. The smallest absolute Gasteiger partial charge is 0.246 e. The van der Waals surface area contributed by atoms with Crippen LogP contribution in [0.2, 0.25) is 0 Å². The minimum Gasteiger partial charge on any atom is -0.335 e. The molecule has 1 atom stereocenters. The first-order chi connectivity index (χ1) is 14.6. The quantitative estimate of drug-likeness (QED) is 0.679. The van der Waals surface area contributed by atoms with E-state index in [0.29, 0.717) is 25.4 Å². The topological polar surface area (TPSA) is 79.0 Å². The van der Waals surface area contributed by atoms with Gasteiger partial charge in [-0.05, 0) is 55.0 Å². The van der Waals surface area contributed by atoms with Crippen LogP contribution < -0.4 is 0 Å². The molecule has 0 saturated heterocycles. The SMILES string of the molecule is C=CC(=O)N1CC=C(c2ccc(C(CC)C(=O)Cc3cc(C4CC4)n[nH]3)cn2)CC1. The van der Waals surface area contributed by atoms with E-state index >= 15 is 0 Å². The number of carbonyl (C=O) groups is 2. The first-order valence-corrected chi connectivity index (χ1v) is 10.7. The van der Waals surface area contributed by atoms with Crippen molar-refractivity contribution in [2.75, 3.05) is 13.1 Å². The van der Waals surface area contributed by atoms with Gasteiger partial charge in [-0.3, -0.25) is 19.7 Å². The Morgan fingerprint density at radius 1 is 1.37 bits per heavy atom. The van der Waals surface area contributed by atoms with Crippen molar-refractivity contribution in [1.29, 1.82) is 0 Å². The second-order valence-corrected chi connectivity index (χ2v) is 8.14. The number of ketones is 1. The molecule has 2 aromatic rings. The Hall–Kier alpha value is -3.02. The number of pyridine rings is 1. The third kappa shape index (κ3) is 4.42. The van der Waals surface area contributed by atoms with Crippen molar-refractivity contribution >= 4 is 17.3 Å². The van der Waals surface area contributed by atoms with Crippen LogP contribution in [0.4, 0.5) is 0 Å². The average Bonchev–Trinajstić information content (AvgIpc) is 3.53. The molecule has 0 radical (unpaired) electrons. The number of nitrogens with one attached hydrogen (secondary N) is 1. The van der Waals surface area contributed by atoms with Crippen molar-refractivity contribution < 1.29 is 9.59 Å². The van der Waals surface area contributed by atoms with Crippen LogP contribution in [-0.4, -0.2) is 44.9 Å². The Labute approximate surface area is 177 Å².